The first-order valence-corrected chi connectivity index (χ1v) is 7.80. The lowest BCUT2D eigenvalue weighted by atomic mass is 9.98. The SMILES string of the molecule is Cc1ccc(C(=O)Nc2ccc(CC3CC(=O)NC3=O)cc2)n1C. The highest BCUT2D eigenvalue weighted by Crippen LogP contribution is 2.19. The van der Waals surface area contributed by atoms with Gasteiger partial charge in [-0.25, -0.2) is 0 Å². The van der Waals surface area contributed by atoms with E-state index in [4.69, 9.17) is 0 Å². The van der Waals surface area contributed by atoms with Crippen molar-refractivity contribution in [2.45, 2.75) is 19.8 Å². The van der Waals surface area contributed by atoms with Crippen LogP contribution in [0.15, 0.2) is 36.4 Å². The highest BCUT2D eigenvalue weighted by atomic mass is 16.2. The molecule has 6 heteroatoms. The van der Waals surface area contributed by atoms with Gasteiger partial charge in [0.05, 0.1) is 5.92 Å². The van der Waals surface area contributed by atoms with Crippen LogP contribution in [0.2, 0.25) is 0 Å². The second kappa shape index (κ2) is 6.31. The molecule has 1 aliphatic rings. The van der Waals surface area contributed by atoms with E-state index in [0.717, 1.165) is 11.3 Å². The molecule has 0 bridgehead atoms. The minimum absolute atomic E-state index is 0.167. The molecule has 0 radical (unpaired) electrons. The summed E-state index contributed by atoms with van der Waals surface area (Å²) in [6, 6.07) is 11.0. The van der Waals surface area contributed by atoms with Crippen LogP contribution in [0.3, 0.4) is 0 Å². The van der Waals surface area contributed by atoms with E-state index in [1.54, 1.807) is 18.2 Å². The maximum absolute atomic E-state index is 12.3. The lowest BCUT2D eigenvalue weighted by molar-refractivity contribution is -0.125. The molecule has 2 aromatic rings. The number of anilines is 1. The van der Waals surface area contributed by atoms with E-state index < -0.39 is 0 Å². The van der Waals surface area contributed by atoms with Crippen LogP contribution >= 0.6 is 0 Å². The van der Waals surface area contributed by atoms with E-state index in [0.29, 0.717) is 17.8 Å². The van der Waals surface area contributed by atoms with Crippen molar-refractivity contribution in [2.24, 2.45) is 13.0 Å². The molecule has 0 spiro atoms. The van der Waals surface area contributed by atoms with Crippen molar-refractivity contribution in [2.75, 3.05) is 5.32 Å². The largest absolute Gasteiger partial charge is 0.344 e. The summed E-state index contributed by atoms with van der Waals surface area (Å²) >= 11 is 0. The van der Waals surface area contributed by atoms with Gasteiger partial charge in [0.25, 0.3) is 5.91 Å². The normalized spacial score (nSPS) is 17.0. The highest BCUT2D eigenvalue weighted by Gasteiger charge is 2.30. The summed E-state index contributed by atoms with van der Waals surface area (Å²) in [6.07, 6.45) is 0.757. The molecular formula is C18H19N3O3. The zero-order valence-corrected chi connectivity index (χ0v) is 13.6. The molecule has 3 rings (SSSR count). The zero-order chi connectivity index (χ0) is 17.3. The van der Waals surface area contributed by atoms with Crippen LogP contribution in [0.1, 0.15) is 28.2 Å². The maximum atomic E-state index is 12.3. The molecule has 1 aromatic carbocycles. The fraction of sp³-hybridized carbons (Fsp3) is 0.278. The third kappa shape index (κ3) is 3.22. The van der Waals surface area contributed by atoms with Crippen LogP contribution in [0, 0.1) is 12.8 Å². The van der Waals surface area contributed by atoms with Crippen LogP contribution in [-0.2, 0) is 23.1 Å². The molecule has 1 atom stereocenters. The predicted octanol–water partition coefficient (Wildman–Crippen LogP) is 1.79. The van der Waals surface area contributed by atoms with Gasteiger partial charge in [0.1, 0.15) is 5.69 Å². The molecular weight excluding hydrogens is 306 g/mol. The number of rotatable bonds is 4. The second-order valence-electron chi connectivity index (χ2n) is 6.09. The molecule has 24 heavy (non-hydrogen) atoms. The first kappa shape index (κ1) is 16.0. The molecule has 1 unspecified atom stereocenters. The summed E-state index contributed by atoms with van der Waals surface area (Å²) < 4.78 is 1.83. The number of nitrogens with one attached hydrogen (secondary N) is 2. The third-order valence-electron chi connectivity index (χ3n) is 4.36. The fourth-order valence-electron chi connectivity index (χ4n) is 2.82. The third-order valence-corrected chi connectivity index (χ3v) is 4.36. The van der Waals surface area contributed by atoms with Crippen molar-refractivity contribution < 1.29 is 14.4 Å². The fourth-order valence-corrected chi connectivity index (χ4v) is 2.82. The number of hydrogen-bond donors (Lipinski definition) is 2. The number of aromatic nitrogens is 1. The lowest BCUT2D eigenvalue weighted by Gasteiger charge is -2.09. The summed E-state index contributed by atoms with van der Waals surface area (Å²) in [5.74, 6) is -0.897. The van der Waals surface area contributed by atoms with Gasteiger partial charge in [-0.05, 0) is 43.2 Å². The Hall–Kier alpha value is -2.89. The molecule has 124 valence electrons. The average molecular weight is 325 g/mol. The molecule has 3 amide bonds. The Morgan fingerprint density at radius 1 is 1.21 bits per heavy atom. The quantitative estimate of drug-likeness (QED) is 0.841. The summed E-state index contributed by atoms with van der Waals surface area (Å²) in [4.78, 5) is 35.1. The molecule has 6 nitrogen and oxygen atoms in total. The Labute approximate surface area is 139 Å². The highest BCUT2D eigenvalue weighted by molar-refractivity contribution is 6.04. The van der Waals surface area contributed by atoms with E-state index in [1.165, 1.54) is 0 Å². The standard InChI is InChI=1S/C18H19N3O3/c1-11-3-8-15(21(11)2)18(24)19-14-6-4-12(5-7-14)9-13-10-16(22)20-17(13)23/h3-8,13H,9-10H2,1-2H3,(H,19,24)(H,20,22,23). The van der Waals surface area contributed by atoms with E-state index in [2.05, 4.69) is 10.6 Å². The van der Waals surface area contributed by atoms with Gasteiger partial charge >= 0.3 is 0 Å². The molecule has 2 N–H and O–H groups in total. The monoisotopic (exact) mass is 325 g/mol. The van der Waals surface area contributed by atoms with Gasteiger partial charge in [-0.15, -0.1) is 0 Å². The van der Waals surface area contributed by atoms with Gasteiger partial charge in [-0.1, -0.05) is 12.1 Å². The number of benzene rings is 1. The number of nitrogens with zero attached hydrogens (tertiary/aromatic N) is 1. The Morgan fingerprint density at radius 2 is 1.92 bits per heavy atom. The van der Waals surface area contributed by atoms with Gasteiger partial charge in [0.2, 0.25) is 11.8 Å². The molecule has 1 aliphatic heterocycles. The number of amides is 3. The number of hydrogen-bond acceptors (Lipinski definition) is 3. The Bertz CT molecular complexity index is 805. The predicted molar refractivity (Wildman–Crippen MR) is 89.5 cm³/mol. The van der Waals surface area contributed by atoms with Crippen molar-refractivity contribution in [1.29, 1.82) is 0 Å². The summed E-state index contributed by atoms with van der Waals surface area (Å²) in [5, 5.41) is 5.17. The summed E-state index contributed by atoms with van der Waals surface area (Å²) in [7, 11) is 1.85. The Balaban J connectivity index is 1.64. The second-order valence-corrected chi connectivity index (χ2v) is 6.09. The first-order valence-electron chi connectivity index (χ1n) is 7.80. The first-order chi connectivity index (χ1) is 11.4. The number of carbonyl (C=O) groups excluding carboxylic acids is 3. The van der Waals surface area contributed by atoms with Crippen molar-refractivity contribution >= 4 is 23.4 Å². The molecule has 2 heterocycles. The Morgan fingerprint density at radius 3 is 2.46 bits per heavy atom. The van der Waals surface area contributed by atoms with Gasteiger partial charge in [-0.3, -0.25) is 19.7 Å². The van der Waals surface area contributed by atoms with Gasteiger partial charge < -0.3 is 9.88 Å². The minimum Gasteiger partial charge on any atom is -0.344 e. The molecule has 0 saturated carbocycles. The molecule has 1 aromatic heterocycles. The maximum Gasteiger partial charge on any atom is 0.272 e. The van der Waals surface area contributed by atoms with Crippen molar-refractivity contribution in [3.05, 3.63) is 53.3 Å². The average Bonchev–Trinajstić information content (AvgIpc) is 3.04. The topological polar surface area (TPSA) is 80.2 Å². The summed E-state index contributed by atoms with van der Waals surface area (Å²) in [5.41, 5.74) is 3.25. The van der Waals surface area contributed by atoms with Crippen LogP contribution < -0.4 is 10.6 Å². The summed E-state index contributed by atoms with van der Waals surface area (Å²) in [6.45, 7) is 1.94. The van der Waals surface area contributed by atoms with Crippen LogP contribution in [-0.4, -0.2) is 22.3 Å². The number of aryl methyl sites for hydroxylation is 1. The van der Waals surface area contributed by atoms with Crippen molar-refractivity contribution in [3.8, 4) is 0 Å². The molecule has 0 aliphatic carbocycles. The number of carbonyl (C=O) groups is 3. The number of imide groups is 1. The van der Waals surface area contributed by atoms with Gasteiger partial charge in [0.15, 0.2) is 0 Å². The van der Waals surface area contributed by atoms with Crippen LogP contribution in [0.25, 0.3) is 0 Å². The van der Waals surface area contributed by atoms with E-state index >= 15 is 0 Å². The molecule has 1 saturated heterocycles. The van der Waals surface area contributed by atoms with Gasteiger partial charge in [0, 0.05) is 24.8 Å². The van der Waals surface area contributed by atoms with Crippen LogP contribution in [0.5, 0.6) is 0 Å². The van der Waals surface area contributed by atoms with E-state index in [-0.39, 0.29) is 30.1 Å². The van der Waals surface area contributed by atoms with Crippen LogP contribution in [0.4, 0.5) is 5.69 Å². The van der Waals surface area contributed by atoms with Crippen molar-refractivity contribution in [3.63, 3.8) is 0 Å². The van der Waals surface area contributed by atoms with E-state index in [1.807, 2.05) is 36.7 Å². The van der Waals surface area contributed by atoms with Crippen molar-refractivity contribution in [1.82, 2.24) is 9.88 Å². The molecule has 1 fully saturated rings. The lowest BCUT2D eigenvalue weighted by Crippen LogP contribution is -2.22. The van der Waals surface area contributed by atoms with E-state index in [9.17, 15) is 14.4 Å². The Kier molecular flexibility index (Phi) is 4.20. The van der Waals surface area contributed by atoms with Gasteiger partial charge in [-0.2, -0.15) is 0 Å². The zero-order valence-electron chi connectivity index (χ0n) is 13.6. The smallest absolute Gasteiger partial charge is 0.272 e. The minimum atomic E-state index is -0.302.